The number of nitrogens with one attached hydrogen (secondary N) is 1. The number of alkyl halides is 3. The number of nitrogens with two attached hydrogens (primary N) is 1. The first-order valence-electron chi connectivity index (χ1n) is 16.2. The van der Waals surface area contributed by atoms with Crippen molar-refractivity contribution in [3.63, 3.8) is 0 Å². The lowest BCUT2D eigenvalue weighted by atomic mass is 9.82. The Balaban J connectivity index is 1.50. The third-order valence-corrected chi connectivity index (χ3v) is 9.78. The first-order valence-corrected chi connectivity index (χ1v) is 17.5. The maximum atomic E-state index is 13.1. The van der Waals surface area contributed by atoms with Crippen molar-refractivity contribution < 1.29 is 55.6 Å². The van der Waals surface area contributed by atoms with Gasteiger partial charge in [-0.2, -0.15) is 23.5 Å². The molecule has 1 aliphatic carbocycles. The van der Waals surface area contributed by atoms with Gasteiger partial charge in [-0.25, -0.2) is 14.6 Å². The summed E-state index contributed by atoms with van der Waals surface area (Å²) < 4.78 is 81.9. The summed E-state index contributed by atoms with van der Waals surface area (Å²) in [5.41, 5.74) is 4.47. The maximum Gasteiger partial charge on any atom is 0.391 e. The molecular formula is C31H42F3N6O9P. The van der Waals surface area contributed by atoms with Crippen molar-refractivity contribution in [1.82, 2.24) is 19.7 Å². The van der Waals surface area contributed by atoms with E-state index in [1.54, 1.807) is 39.8 Å². The van der Waals surface area contributed by atoms with Gasteiger partial charge in [-0.3, -0.25) is 18.9 Å². The van der Waals surface area contributed by atoms with Crippen molar-refractivity contribution in [2.75, 3.05) is 18.9 Å². The van der Waals surface area contributed by atoms with Crippen LogP contribution in [-0.4, -0.2) is 75.7 Å². The number of carbonyl (C=O) groups is 3. The van der Waals surface area contributed by atoms with Gasteiger partial charge in [0.1, 0.15) is 36.7 Å². The molecule has 1 unspecified atom stereocenters. The van der Waals surface area contributed by atoms with Crippen LogP contribution in [0.15, 0.2) is 18.5 Å². The molecule has 3 N–H and O–H groups in total. The fourth-order valence-electron chi connectivity index (χ4n) is 5.69. The van der Waals surface area contributed by atoms with E-state index in [2.05, 4.69) is 15.2 Å². The average Bonchev–Trinajstić information content (AvgIpc) is 3.62. The lowest BCUT2D eigenvalue weighted by Crippen LogP contribution is -2.50. The Morgan fingerprint density at radius 1 is 1.10 bits per heavy atom. The molecule has 0 amide bonds. The van der Waals surface area contributed by atoms with Gasteiger partial charge in [-0.05, 0) is 50.7 Å². The Bertz CT molecular complexity index is 1610. The van der Waals surface area contributed by atoms with Gasteiger partial charge >= 0.3 is 24.1 Å². The Hall–Kier alpha value is -3.78. The summed E-state index contributed by atoms with van der Waals surface area (Å²) in [7, 11) is -3.31. The van der Waals surface area contributed by atoms with E-state index in [0.717, 1.165) is 0 Å². The average molecular weight is 731 g/mol. The molecule has 2 fully saturated rings. The van der Waals surface area contributed by atoms with Gasteiger partial charge in [0.05, 0.1) is 30.1 Å². The standard InChI is InChI=1S/C31H42F3N6O9P/c1-16(2)27(41)47-24-23(21-10-11-22-26(36)37-15-38-40(21)22)49-30(13-35,25(24)48-28(42)17(3)4)14-46-50(44)39-18(5)29(43)45-12-19-6-8-20(9-7-19)31(32,33)34/h10-11,15-20,23-25,50H,6-9,12,14H2,1-5H3,(H,39,44)(H2,36,37,38)/t18-,19-,20-,23-,24-,25-,30+/m0/s1. The Labute approximate surface area is 287 Å². The van der Waals surface area contributed by atoms with E-state index < -0.39 is 86.6 Å². The number of nitrogen functional groups attached to an aromatic ring is 1. The fraction of sp³-hybridized carbons (Fsp3) is 0.677. The predicted molar refractivity (Wildman–Crippen MR) is 169 cm³/mol. The predicted octanol–water partition coefficient (Wildman–Crippen LogP) is 4.08. The number of fused-ring (bicyclic) bond motifs is 1. The third-order valence-electron chi connectivity index (χ3n) is 8.70. The summed E-state index contributed by atoms with van der Waals surface area (Å²) in [6.45, 7) is 6.81. The molecule has 15 nitrogen and oxygen atoms in total. The molecule has 0 aromatic carbocycles. The van der Waals surface area contributed by atoms with Crippen molar-refractivity contribution in [2.24, 2.45) is 23.7 Å². The highest BCUT2D eigenvalue weighted by Gasteiger charge is 2.62. The molecule has 1 aliphatic heterocycles. The summed E-state index contributed by atoms with van der Waals surface area (Å²) in [6, 6.07) is 3.96. The number of aromatic nitrogens is 3. The smallest absolute Gasteiger partial charge is 0.391 e. The number of carbonyl (C=O) groups excluding carboxylic acids is 3. The molecule has 0 bridgehead atoms. The lowest BCUT2D eigenvalue weighted by Gasteiger charge is -2.30. The van der Waals surface area contributed by atoms with E-state index in [-0.39, 0.29) is 49.7 Å². The normalized spacial score (nSPS) is 26.8. The van der Waals surface area contributed by atoms with Crippen molar-refractivity contribution in [1.29, 1.82) is 5.26 Å². The molecule has 1 saturated heterocycles. The number of anilines is 1. The first-order chi connectivity index (χ1) is 23.5. The quantitative estimate of drug-likeness (QED) is 0.169. The van der Waals surface area contributed by atoms with Gasteiger partial charge in [0.25, 0.3) is 8.18 Å². The minimum atomic E-state index is -4.25. The van der Waals surface area contributed by atoms with E-state index in [0.29, 0.717) is 5.52 Å². The van der Waals surface area contributed by atoms with Crippen LogP contribution in [0.4, 0.5) is 19.0 Å². The molecule has 276 valence electrons. The molecule has 1 saturated carbocycles. The highest BCUT2D eigenvalue weighted by atomic mass is 31.1. The van der Waals surface area contributed by atoms with Gasteiger partial charge in [0, 0.05) is 0 Å². The fourth-order valence-corrected chi connectivity index (χ4v) is 6.59. The third kappa shape index (κ3) is 8.92. The Morgan fingerprint density at radius 3 is 2.34 bits per heavy atom. The lowest BCUT2D eigenvalue weighted by molar-refractivity contribution is -0.185. The molecule has 19 heteroatoms. The molecule has 2 aromatic heterocycles. The van der Waals surface area contributed by atoms with E-state index in [1.807, 2.05) is 6.07 Å². The minimum Gasteiger partial charge on any atom is -0.464 e. The van der Waals surface area contributed by atoms with Crippen LogP contribution >= 0.6 is 8.18 Å². The van der Waals surface area contributed by atoms with Gasteiger partial charge in [0.2, 0.25) is 5.60 Å². The van der Waals surface area contributed by atoms with Crippen molar-refractivity contribution in [3.05, 3.63) is 24.2 Å². The number of hydrogen-bond acceptors (Lipinski definition) is 13. The van der Waals surface area contributed by atoms with E-state index in [9.17, 15) is 37.4 Å². The SMILES string of the molecule is CC(C)C(=O)O[C@H]1[C@H](c2ccc3c(N)ncnn23)O[C@](C#N)(CO[PH](=O)N[C@@H](C)C(=O)OC[C@H]2CC[C@H](C(F)(F)F)CC2)[C@H]1OC(=O)C(C)C. The van der Waals surface area contributed by atoms with Crippen LogP contribution in [0, 0.1) is 35.0 Å². The van der Waals surface area contributed by atoms with Crippen LogP contribution in [0.5, 0.6) is 0 Å². The molecule has 3 heterocycles. The number of rotatable bonds is 13. The number of hydrogen-bond donors (Lipinski definition) is 2. The van der Waals surface area contributed by atoms with Gasteiger partial charge in [-0.1, -0.05) is 27.7 Å². The summed E-state index contributed by atoms with van der Waals surface area (Å²) in [5.74, 6) is -4.99. The highest BCUT2D eigenvalue weighted by molar-refractivity contribution is 7.36. The number of halogens is 3. The zero-order valence-electron chi connectivity index (χ0n) is 28.3. The minimum absolute atomic E-state index is 0.0435. The molecule has 0 spiro atoms. The molecule has 2 aromatic rings. The van der Waals surface area contributed by atoms with E-state index in [1.165, 1.54) is 17.8 Å². The topological polar surface area (TPSA) is 206 Å². The molecule has 2 aliphatic rings. The summed E-state index contributed by atoms with van der Waals surface area (Å²) in [5, 5.41) is 17.2. The number of nitriles is 1. The number of ether oxygens (including phenoxy) is 4. The van der Waals surface area contributed by atoms with Crippen LogP contribution in [0.25, 0.3) is 5.52 Å². The highest BCUT2D eigenvalue weighted by Crippen LogP contribution is 2.45. The van der Waals surface area contributed by atoms with Gasteiger partial charge in [0.15, 0.2) is 18.0 Å². The number of esters is 3. The molecule has 0 radical (unpaired) electrons. The second kappa shape index (κ2) is 16.1. The Morgan fingerprint density at radius 2 is 1.74 bits per heavy atom. The second-order valence-electron chi connectivity index (χ2n) is 13.1. The van der Waals surface area contributed by atoms with Crippen molar-refractivity contribution >= 4 is 37.4 Å². The van der Waals surface area contributed by atoms with E-state index in [4.69, 9.17) is 29.2 Å². The van der Waals surface area contributed by atoms with Crippen LogP contribution in [0.2, 0.25) is 0 Å². The summed E-state index contributed by atoms with van der Waals surface area (Å²) in [6.07, 6.45) is -6.89. The zero-order valence-corrected chi connectivity index (χ0v) is 29.3. The van der Waals surface area contributed by atoms with Crippen LogP contribution in [-0.2, 0) is 42.4 Å². The largest absolute Gasteiger partial charge is 0.464 e. The van der Waals surface area contributed by atoms with E-state index >= 15 is 0 Å². The molecule has 6 atom stereocenters. The van der Waals surface area contributed by atoms with Gasteiger partial charge < -0.3 is 29.2 Å². The molecular weight excluding hydrogens is 688 g/mol. The van der Waals surface area contributed by atoms with Crippen molar-refractivity contribution in [3.8, 4) is 6.07 Å². The van der Waals surface area contributed by atoms with Crippen LogP contribution in [0.3, 0.4) is 0 Å². The molecule has 4 rings (SSSR count). The summed E-state index contributed by atoms with van der Waals surface area (Å²) >= 11 is 0. The monoisotopic (exact) mass is 730 g/mol. The summed E-state index contributed by atoms with van der Waals surface area (Å²) in [4.78, 5) is 42.4. The number of nitrogens with zero attached hydrogens (tertiary/aromatic N) is 4. The van der Waals surface area contributed by atoms with Crippen LogP contribution < -0.4 is 10.8 Å². The van der Waals surface area contributed by atoms with Gasteiger partial charge in [-0.15, -0.1) is 0 Å². The molecule has 50 heavy (non-hydrogen) atoms. The Kier molecular flexibility index (Phi) is 12.5. The zero-order chi connectivity index (χ0) is 37.0. The maximum absolute atomic E-state index is 13.1. The second-order valence-corrected chi connectivity index (χ2v) is 14.3. The van der Waals surface area contributed by atoms with Crippen LogP contribution in [0.1, 0.15) is 72.1 Å². The first kappa shape index (κ1) is 39.0. The van der Waals surface area contributed by atoms with Crippen molar-refractivity contribution in [2.45, 2.75) is 96.4 Å².